The van der Waals surface area contributed by atoms with Crippen molar-refractivity contribution in [1.82, 2.24) is 0 Å². The second kappa shape index (κ2) is 8.23. The van der Waals surface area contributed by atoms with E-state index in [-0.39, 0.29) is 5.75 Å². The van der Waals surface area contributed by atoms with Crippen LogP contribution in [0.15, 0.2) is 72.8 Å². The van der Waals surface area contributed by atoms with E-state index in [2.05, 4.69) is 5.32 Å². The Morgan fingerprint density at radius 2 is 1.63 bits per heavy atom. The number of carbonyl (C=O) groups is 1. The number of methoxy groups -OCH3 is 1. The molecule has 3 aromatic carbocycles. The van der Waals surface area contributed by atoms with Crippen LogP contribution >= 0.6 is 0 Å². The van der Waals surface area contributed by atoms with Gasteiger partial charge in [-0.1, -0.05) is 42.5 Å². The first-order chi connectivity index (χ1) is 13.1. The SMILES string of the molecule is COc1ccccc1Oc1ccc(NC(C(N)=O)c2ccccc2)cc1F. The summed E-state index contributed by atoms with van der Waals surface area (Å²) in [6.45, 7) is 0. The maximum absolute atomic E-state index is 14.5. The van der Waals surface area contributed by atoms with Gasteiger partial charge in [0.15, 0.2) is 23.1 Å². The molecule has 0 bridgehead atoms. The number of carbonyl (C=O) groups excluding carboxylic acids is 1. The summed E-state index contributed by atoms with van der Waals surface area (Å²) >= 11 is 0. The van der Waals surface area contributed by atoms with Gasteiger partial charge in [-0.05, 0) is 29.8 Å². The fourth-order valence-electron chi connectivity index (χ4n) is 2.63. The van der Waals surface area contributed by atoms with E-state index in [1.165, 1.54) is 19.2 Å². The molecular weight excluding hydrogens is 347 g/mol. The second-order valence-corrected chi connectivity index (χ2v) is 5.79. The highest BCUT2D eigenvalue weighted by Gasteiger charge is 2.18. The third kappa shape index (κ3) is 4.36. The average Bonchev–Trinajstić information content (AvgIpc) is 2.69. The third-order valence-corrected chi connectivity index (χ3v) is 3.95. The molecule has 0 radical (unpaired) electrons. The summed E-state index contributed by atoms with van der Waals surface area (Å²) in [7, 11) is 1.51. The summed E-state index contributed by atoms with van der Waals surface area (Å²) < 4.78 is 25.3. The molecule has 0 aromatic heterocycles. The number of nitrogens with one attached hydrogen (secondary N) is 1. The van der Waals surface area contributed by atoms with Gasteiger partial charge in [0.1, 0.15) is 6.04 Å². The second-order valence-electron chi connectivity index (χ2n) is 5.79. The van der Waals surface area contributed by atoms with Crippen LogP contribution in [0.2, 0.25) is 0 Å². The molecule has 0 saturated heterocycles. The molecule has 0 heterocycles. The molecule has 5 nitrogen and oxygen atoms in total. The van der Waals surface area contributed by atoms with Gasteiger partial charge in [-0.2, -0.15) is 0 Å². The predicted octanol–water partition coefficient (Wildman–Crippen LogP) is 4.27. The van der Waals surface area contributed by atoms with E-state index in [1.807, 2.05) is 6.07 Å². The van der Waals surface area contributed by atoms with Gasteiger partial charge in [0.2, 0.25) is 5.91 Å². The highest BCUT2D eigenvalue weighted by Crippen LogP contribution is 2.33. The van der Waals surface area contributed by atoms with Crippen molar-refractivity contribution < 1.29 is 18.7 Å². The van der Waals surface area contributed by atoms with Gasteiger partial charge in [-0.3, -0.25) is 4.79 Å². The number of nitrogens with two attached hydrogens (primary N) is 1. The highest BCUT2D eigenvalue weighted by atomic mass is 19.1. The molecule has 27 heavy (non-hydrogen) atoms. The molecule has 6 heteroatoms. The molecule has 0 aliphatic carbocycles. The minimum Gasteiger partial charge on any atom is -0.493 e. The summed E-state index contributed by atoms with van der Waals surface area (Å²) in [5.74, 6) is -0.200. The van der Waals surface area contributed by atoms with Gasteiger partial charge >= 0.3 is 0 Å². The van der Waals surface area contributed by atoms with Crippen molar-refractivity contribution in [2.75, 3.05) is 12.4 Å². The Balaban J connectivity index is 1.81. The van der Waals surface area contributed by atoms with Crippen LogP contribution in [-0.4, -0.2) is 13.0 Å². The zero-order chi connectivity index (χ0) is 19.2. The lowest BCUT2D eigenvalue weighted by molar-refractivity contribution is -0.118. The Bertz CT molecular complexity index is 932. The number of anilines is 1. The van der Waals surface area contributed by atoms with Crippen molar-refractivity contribution in [2.45, 2.75) is 6.04 Å². The zero-order valence-corrected chi connectivity index (χ0v) is 14.7. The molecule has 0 saturated carbocycles. The Kier molecular flexibility index (Phi) is 5.56. The summed E-state index contributed by atoms with van der Waals surface area (Å²) in [6, 6.07) is 19.5. The van der Waals surface area contributed by atoms with Gasteiger partial charge in [0.05, 0.1) is 7.11 Å². The van der Waals surface area contributed by atoms with Gasteiger partial charge < -0.3 is 20.5 Å². The molecule has 1 amide bonds. The number of rotatable bonds is 7. The highest BCUT2D eigenvalue weighted by molar-refractivity contribution is 5.84. The first-order valence-electron chi connectivity index (χ1n) is 8.29. The Labute approximate surface area is 156 Å². The number of halogens is 1. The molecule has 3 N–H and O–H groups in total. The molecule has 1 atom stereocenters. The molecular formula is C21H19FN2O3. The molecule has 0 aliphatic rings. The largest absolute Gasteiger partial charge is 0.493 e. The number of hydrogen-bond acceptors (Lipinski definition) is 4. The summed E-state index contributed by atoms with van der Waals surface area (Å²) in [6.07, 6.45) is 0. The Morgan fingerprint density at radius 3 is 2.26 bits per heavy atom. The van der Waals surface area contributed by atoms with Gasteiger partial charge in [-0.25, -0.2) is 4.39 Å². The molecule has 3 aromatic rings. The van der Waals surface area contributed by atoms with E-state index in [9.17, 15) is 9.18 Å². The van der Waals surface area contributed by atoms with Crippen molar-refractivity contribution in [3.63, 3.8) is 0 Å². The maximum atomic E-state index is 14.5. The van der Waals surface area contributed by atoms with E-state index in [4.69, 9.17) is 15.2 Å². The van der Waals surface area contributed by atoms with Crippen LogP contribution in [0, 0.1) is 5.82 Å². The smallest absolute Gasteiger partial charge is 0.244 e. The van der Waals surface area contributed by atoms with Crippen LogP contribution < -0.4 is 20.5 Å². The predicted molar refractivity (Wildman–Crippen MR) is 101 cm³/mol. The van der Waals surface area contributed by atoms with Crippen LogP contribution in [0.3, 0.4) is 0 Å². The third-order valence-electron chi connectivity index (χ3n) is 3.95. The fraction of sp³-hybridized carbons (Fsp3) is 0.0952. The van der Waals surface area contributed by atoms with Crippen LogP contribution in [0.25, 0.3) is 0 Å². The lowest BCUT2D eigenvalue weighted by Crippen LogP contribution is -2.27. The normalized spacial score (nSPS) is 11.5. The van der Waals surface area contributed by atoms with Crippen molar-refractivity contribution >= 4 is 11.6 Å². The number of benzene rings is 3. The number of para-hydroxylation sites is 2. The number of amides is 1. The standard InChI is InChI=1S/C21H19FN2O3/c1-26-18-9-5-6-10-19(18)27-17-12-11-15(13-16(17)22)24-20(21(23)25)14-7-3-2-4-8-14/h2-13,20,24H,1H3,(H2,23,25). The number of ether oxygens (including phenoxy) is 2. The van der Waals surface area contributed by atoms with E-state index in [0.717, 1.165) is 0 Å². The van der Waals surface area contributed by atoms with E-state index in [0.29, 0.717) is 22.7 Å². The quantitative estimate of drug-likeness (QED) is 0.655. The van der Waals surface area contributed by atoms with Crippen LogP contribution in [0.5, 0.6) is 17.2 Å². The van der Waals surface area contributed by atoms with Crippen molar-refractivity contribution in [2.24, 2.45) is 5.73 Å². The van der Waals surface area contributed by atoms with E-state index < -0.39 is 17.8 Å². The molecule has 0 spiro atoms. The molecule has 0 aliphatic heterocycles. The lowest BCUT2D eigenvalue weighted by Gasteiger charge is -2.18. The Hall–Kier alpha value is -3.54. The number of primary amides is 1. The summed E-state index contributed by atoms with van der Waals surface area (Å²) in [5.41, 5.74) is 6.59. The fourth-order valence-corrected chi connectivity index (χ4v) is 2.63. The van der Waals surface area contributed by atoms with Gasteiger partial charge in [-0.15, -0.1) is 0 Å². The Morgan fingerprint density at radius 1 is 0.963 bits per heavy atom. The first kappa shape index (κ1) is 18.3. The van der Waals surface area contributed by atoms with E-state index in [1.54, 1.807) is 54.6 Å². The molecule has 138 valence electrons. The molecule has 1 unspecified atom stereocenters. The van der Waals surface area contributed by atoms with Gasteiger partial charge in [0.25, 0.3) is 0 Å². The topological polar surface area (TPSA) is 73.6 Å². The molecule has 3 rings (SSSR count). The minimum atomic E-state index is -0.772. The zero-order valence-electron chi connectivity index (χ0n) is 14.7. The van der Waals surface area contributed by atoms with Crippen LogP contribution in [0.4, 0.5) is 10.1 Å². The first-order valence-corrected chi connectivity index (χ1v) is 8.29. The van der Waals surface area contributed by atoms with Gasteiger partial charge in [0, 0.05) is 11.8 Å². The number of hydrogen-bond donors (Lipinski definition) is 2. The maximum Gasteiger partial charge on any atom is 0.244 e. The average molecular weight is 366 g/mol. The monoisotopic (exact) mass is 366 g/mol. The van der Waals surface area contributed by atoms with E-state index >= 15 is 0 Å². The van der Waals surface area contributed by atoms with Crippen LogP contribution in [0.1, 0.15) is 11.6 Å². The van der Waals surface area contributed by atoms with Crippen molar-refractivity contribution in [3.05, 3.63) is 84.2 Å². The molecule has 0 fully saturated rings. The summed E-state index contributed by atoms with van der Waals surface area (Å²) in [5, 5.41) is 2.95. The lowest BCUT2D eigenvalue weighted by atomic mass is 10.1. The van der Waals surface area contributed by atoms with Crippen LogP contribution in [-0.2, 0) is 4.79 Å². The van der Waals surface area contributed by atoms with Crippen molar-refractivity contribution in [1.29, 1.82) is 0 Å². The minimum absolute atomic E-state index is 0.0420. The summed E-state index contributed by atoms with van der Waals surface area (Å²) in [4.78, 5) is 11.8. The van der Waals surface area contributed by atoms with Crippen molar-refractivity contribution in [3.8, 4) is 17.2 Å².